The van der Waals surface area contributed by atoms with E-state index in [1.807, 2.05) is 0 Å². The molecule has 1 heterocycles. The Hall–Kier alpha value is -1.49. The van der Waals surface area contributed by atoms with Crippen LogP contribution in [0, 0.1) is 16.7 Å². The summed E-state index contributed by atoms with van der Waals surface area (Å²) in [4.78, 5) is 3.71. The first kappa shape index (κ1) is 14.9. The van der Waals surface area contributed by atoms with E-state index in [-0.39, 0.29) is 16.0 Å². The van der Waals surface area contributed by atoms with Crippen LogP contribution in [0.4, 0.5) is 0 Å². The monoisotopic (exact) mass is 295 g/mol. The molecule has 1 aliphatic rings. The summed E-state index contributed by atoms with van der Waals surface area (Å²) in [6.45, 7) is 0.997. The topological polar surface area (TPSA) is 92.1 Å². The highest BCUT2D eigenvalue weighted by molar-refractivity contribution is 7.89. The van der Waals surface area contributed by atoms with Gasteiger partial charge in [-0.3, -0.25) is 0 Å². The largest absolute Gasteiger partial charge is 0.385 e. The molecule has 7 heteroatoms. The van der Waals surface area contributed by atoms with Crippen molar-refractivity contribution in [1.29, 1.82) is 5.26 Å². The van der Waals surface area contributed by atoms with Gasteiger partial charge in [-0.1, -0.05) is 0 Å². The summed E-state index contributed by atoms with van der Waals surface area (Å²) in [6, 6.07) is 4.70. The van der Waals surface area contributed by atoms with E-state index in [4.69, 9.17) is 10.00 Å². The standard InChI is InChI=1S/C13H17N3O3S/c1-19-8-6-13(4-5-13)10-16-20(17,18)12-3-2-7-15-11(12)9-14/h2-3,7,16H,4-6,8,10H2,1H3. The molecule has 0 atom stereocenters. The molecule has 1 aromatic heterocycles. The van der Waals surface area contributed by atoms with Crippen molar-refractivity contribution in [3.63, 3.8) is 0 Å². The van der Waals surface area contributed by atoms with Gasteiger partial charge in [0.05, 0.1) is 0 Å². The fourth-order valence-corrected chi connectivity index (χ4v) is 3.29. The van der Waals surface area contributed by atoms with E-state index in [9.17, 15) is 8.42 Å². The van der Waals surface area contributed by atoms with Crippen molar-refractivity contribution in [2.45, 2.75) is 24.2 Å². The van der Waals surface area contributed by atoms with Crippen molar-refractivity contribution in [2.24, 2.45) is 5.41 Å². The van der Waals surface area contributed by atoms with Crippen molar-refractivity contribution in [2.75, 3.05) is 20.3 Å². The fraction of sp³-hybridized carbons (Fsp3) is 0.538. The van der Waals surface area contributed by atoms with Gasteiger partial charge in [-0.05, 0) is 36.8 Å². The van der Waals surface area contributed by atoms with Crippen LogP contribution in [0.5, 0.6) is 0 Å². The molecule has 1 aliphatic carbocycles. The first-order valence-corrected chi connectivity index (χ1v) is 7.85. The number of hydrogen-bond donors (Lipinski definition) is 1. The van der Waals surface area contributed by atoms with Crippen molar-refractivity contribution < 1.29 is 13.2 Å². The second kappa shape index (κ2) is 5.87. The fourth-order valence-electron chi connectivity index (χ4n) is 2.03. The lowest BCUT2D eigenvalue weighted by Gasteiger charge is -2.15. The van der Waals surface area contributed by atoms with Gasteiger partial charge in [-0.2, -0.15) is 5.26 Å². The van der Waals surface area contributed by atoms with Crippen LogP contribution in [0.3, 0.4) is 0 Å². The molecular weight excluding hydrogens is 278 g/mol. The van der Waals surface area contributed by atoms with Crippen LogP contribution in [0.2, 0.25) is 0 Å². The average molecular weight is 295 g/mol. The quantitative estimate of drug-likeness (QED) is 0.811. The third-order valence-corrected chi connectivity index (χ3v) is 5.03. The van der Waals surface area contributed by atoms with Crippen LogP contribution >= 0.6 is 0 Å². The molecule has 0 unspecified atom stereocenters. The molecule has 0 amide bonds. The Bertz CT molecular complexity index is 618. The van der Waals surface area contributed by atoms with E-state index in [0.29, 0.717) is 13.2 Å². The Kier molecular flexibility index (Phi) is 4.38. The summed E-state index contributed by atoms with van der Waals surface area (Å²) in [5, 5.41) is 8.92. The summed E-state index contributed by atoms with van der Waals surface area (Å²) >= 11 is 0. The minimum Gasteiger partial charge on any atom is -0.385 e. The first-order chi connectivity index (χ1) is 9.53. The Labute approximate surface area is 118 Å². The van der Waals surface area contributed by atoms with Crippen LogP contribution in [0.25, 0.3) is 0 Å². The summed E-state index contributed by atoms with van der Waals surface area (Å²) in [6.07, 6.45) is 4.23. The van der Waals surface area contributed by atoms with E-state index < -0.39 is 10.0 Å². The zero-order valence-electron chi connectivity index (χ0n) is 11.3. The summed E-state index contributed by atoms with van der Waals surface area (Å²) in [5.74, 6) is 0. The van der Waals surface area contributed by atoms with Crippen molar-refractivity contribution in [3.05, 3.63) is 24.0 Å². The molecule has 1 aromatic rings. The van der Waals surface area contributed by atoms with Gasteiger partial charge < -0.3 is 4.74 Å². The molecule has 1 fully saturated rings. The Morgan fingerprint density at radius 3 is 2.90 bits per heavy atom. The van der Waals surface area contributed by atoms with Crippen LogP contribution in [-0.2, 0) is 14.8 Å². The number of hydrogen-bond acceptors (Lipinski definition) is 5. The van der Waals surface area contributed by atoms with Crippen LogP contribution in [-0.4, -0.2) is 33.7 Å². The van der Waals surface area contributed by atoms with Gasteiger partial charge in [0, 0.05) is 26.5 Å². The maximum atomic E-state index is 12.2. The summed E-state index contributed by atoms with van der Waals surface area (Å²) in [5.41, 5.74) is -0.0697. The first-order valence-electron chi connectivity index (χ1n) is 6.37. The lowest BCUT2D eigenvalue weighted by molar-refractivity contribution is 0.173. The zero-order valence-corrected chi connectivity index (χ0v) is 12.1. The third kappa shape index (κ3) is 3.33. The van der Waals surface area contributed by atoms with E-state index in [1.165, 1.54) is 18.3 Å². The van der Waals surface area contributed by atoms with Gasteiger partial charge in [0.25, 0.3) is 0 Å². The predicted octanol–water partition coefficient (Wildman–Crippen LogP) is 1.05. The molecule has 2 rings (SSSR count). The predicted molar refractivity (Wildman–Crippen MR) is 72.3 cm³/mol. The number of nitriles is 1. The molecule has 0 spiro atoms. The van der Waals surface area contributed by atoms with Gasteiger partial charge in [0.1, 0.15) is 11.0 Å². The maximum absolute atomic E-state index is 12.2. The molecular formula is C13H17N3O3S. The van der Waals surface area contributed by atoms with Gasteiger partial charge in [0.2, 0.25) is 10.0 Å². The van der Waals surface area contributed by atoms with Crippen LogP contribution in [0.15, 0.2) is 23.2 Å². The molecule has 20 heavy (non-hydrogen) atoms. The van der Waals surface area contributed by atoms with Crippen molar-refractivity contribution >= 4 is 10.0 Å². The molecule has 108 valence electrons. The molecule has 0 aromatic carbocycles. The Morgan fingerprint density at radius 1 is 1.55 bits per heavy atom. The lowest BCUT2D eigenvalue weighted by Crippen LogP contribution is -2.31. The second-order valence-electron chi connectivity index (χ2n) is 5.03. The van der Waals surface area contributed by atoms with Crippen molar-refractivity contribution in [1.82, 2.24) is 9.71 Å². The zero-order chi connectivity index (χ0) is 14.6. The maximum Gasteiger partial charge on any atom is 0.243 e. The molecule has 6 nitrogen and oxygen atoms in total. The number of pyridine rings is 1. The normalized spacial score (nSPS) is 16.6. The number of nitrogens with one attached hydrogen (secondary N) is 1. The van der Waals surface area contributed by atoms with Crippen molar-refractivity contribution in [3.8, 4) is 6.07 Å². The molecule has 1 N–H and O–H groups in total. The molecule has 0 radical (unpaired) electrons. The highest BCUT2D eigenvalue weighted by atomic mass is 32.2. The highest BCUT2D eigenvalue weighted by Gasteiger charge is 2.42. The SMILES string of the molecule is COCCC1(CNS(=O)(=O)c2cccnc2C#N)CC1. The van der Waals surface area contributed by atoms with E-state index in [0.717, 1.165) is 19.3 Å². The van der Waals surface area contributed by atoms with Crippen LogP contribution < -0.4 is 4.72 Å². The summed E-state index contributed by atoms with van der Waals surface area (Å²) in [7, 11) is -2.06. The van der Waals surface area contributed by atoms with Gasteiger partial charge in [0.15, 0.2) is 5.69 Å². The molecule has 1 saturated carbocycles. The van der Waals surface area contributed by atoms with Gasteiger partial charge in [-0.15, -0.1) is 0 Å². The van der Waals surface area contributed by atoms with Gasteiger partial charge >= 0.3 is 0 Å². The molecule has 0 bridgehead atoms. The number of rotatable bonds is 7. The number of nitrogens with zero attached hydrogens (tertiary/aromatic N) is 2. The summed E-state index contributed by atoms with van der Waals surface area (Å²) < 4.78 is 32.1. The van der Waals surface area contributed by atoms with E-state index >= 15 is 0 Å². The van der Waals surface area contributed by atoms with E-state index in [2.05, 4.69) is 9.71 Å². The molecule has 0 saturated heterocycles. The Morgan fingerprint density at radius 2 is 2.30 bits per heavy atom. The minimum absolute atomic E-state index is 0.0120. The average Bonchev–Trinajstić information content (AvgIpc) is 3.24. The highest BCUT2D eigenvalue weighted by Crippen LogP contribution is 2.48. The number of aromatic nitrogens is 1. The second-order valence-corrected chi connectivity index (χ2v) is 6.76. The van der Waals surface area contributed by atoms with E-state index in [1.54, 1.807) is 13.2 Å². The third-order valence-electron chi connectivity index (χ3n) is 3.60. The lowest BCUT2D eigenvalue weighted by atomic mass is 10.0. The smallest absolute Gasteiger partial charge is 0.243 e. The van der Waals surface area contributed by atoms with Crippen LogP contribution in [0.1, 0.15) is 25.0 Å². The van der Waals surface area contributed by atoms with Gasteiger partial charge in [-0.25, -0.2) is 18.1 Å². The Balaban J connectivity index is 2.07. The number of ether oxygens (including phenoxy) is 1. The minimum atomic E-state index is -3.70. The number of sulfonamides is 1. The molecule has 0 aliphatic heterocycles. The number of methoxy groups -OCH3 is 1.